The third-order valence-electron chi connectivity index (χ3n) is 7.81. The van der Waals surface area contributed by atoms with E-state index in [9.17, 15) is 52.9 Å². The van der Waals surface area contributed by atoms with Crippen LogP contribution in [-0.4, -0.2) is 99.7 Å². The average molecular weight is 782 g/mol. The number of carbonyl (C=O) groups is 8. The van der Waals surface area contributed by atoms with Crippen LogP contribution >= 0.6 is 7.82 Å². The fraction of sp³-hybridized carbons (Fsp3) is 0.515. The fourth-order valence-electron chi connectivity index (χ4n) is 5.02. The molecule has 0 aromatic heterocycles. The zero-order valence-electron chi connectivity index (χ0n) is 30.5. The number of benzene rings is 1. The molecule has 20 nitrogen and oxygen atoms in total. The maximum absolute atomic E-state index is 13.4. The van der Waals surface area contributed by atoms with Crippen molar-refractivity contribution in [2.24, 2.45) is 17.6 Å². The largest absolute Gasteiger partial charge is 0.480 e. The Labute approximate surface area is 311 Å². The number of carboxylic acids is 1. The summed E-state index contributed by atoms with van der Waals surface area (Å²) in [6.07, 6.45) is 0.773. The van der Waals surface area contributed by atoms with Crippen LogP contribution in [0.5, 0.6) is 0 Å². The number of carbonyl (C=O) groups excluding carboxylic acids is 7. The number of hydrogen-bond donors (Lipinski definition) is 8. The van der Waals surface area contributed by atoms with Crippen molar-refractivity contribution in [3.8, 4) is 0 Å². The molecule has 5 atom stereocenters. The zero-order chi connectivity index (χ0) is 40.7. The summed E-state index contributed by atoms with van der Waals surface area (Å²) in [6.45, 7) is 6.95. The first-order valence-electron chi connectivity index (χ1n) is 16.9. The highest BCUT2D eigenvalue weighted by Crippen LogP contribution is 2.47. The number of urea groups is 1. The van der Waals surface area contributed by atoms with Crippen molar-refractivity contribution in [3.63, 3.8) is 0 Å². The Bertz CT molecular complexity index is 1620. The van der Waals surface area contributed by atoms with Gasteiger partial charge in [-0.05, 0) is 42.4 Å². The van der Waals surface area contributed by atoms with Crippen LogP contribution in [0.2, 0.25) is 0 Å². The van der Waals surface area contributed by atoms with E-state index in [-0.39, 0.29) is 38.0 Å². The maximum atomic E-state index is 13.4. The van der Waals surface area contributed by atoms with Crippen molar-refractivity contribution in [2.75, 3.05) is 18.4 Å². The van der Waals surface area contributed by atoms with Crippen LogP contribution in [-0.2, 0) is 53.8 Å². The van der Waals surface area contributed by atoms with Gasteiger partial charge in [0.1, 0.15) is 18.2 Å². The number of nitrogens with two attached hydrogens (primary N) is 1. The van der Waals surface area contributed by atoms with Crippen molar-refractivity contribution < 1.29 is 62.0 Å². The van der Waals surface area contributed by atoms with Gasteiger partial charge in [-0.2, -0.15) is 0 Å². The highest BCUT2D eigenvalue weighted by Gasteiger charge is 2.38. The van der Waals surface area contributed by atoms with E-state index in [4.69, 9.17) is 14.8 Å². The summed E-state index contributed by atoms with van der Waals surface area (Å²) in [6, 6.07) is 1.16. The first kappa shape index (κ1) is 45.0. The molecule has 1 aliphatic rings. The fourth-order valence-corrected chi connectivity index (χ4v) is 6.06. The van der Waals surface area contributed by atoms with Crippen molar-refractivity contribution in [2.45, 2.75) is 84.7 Å². The van der Waals surface area contributed by atoms with Gasteiger partial charge in [0.15, 0.2) is 6.04 Å². The predicted molar refractivity (Wildman–Crippen MR) is 191 cm³/mol. The normalized spacial score (nSPS) is 15.9. The summed E-state index contributed by atoms with van der Waals surface area (Å²) in [4.78, 5) is 109. The van der Waals surface area contributed by atoms with Gasteiger partial charge in [-0.15, -0.1) is 0 Å². The van der Waals surface area contributed by atoms with Gasteiger partial charge in [0.05, 0.1) is 6.61 Å². The van der Waals surface area contributed by atoms with Gasteiger partial charge < -0.3 is 42.3 Å². The minimum atomic E-state index is -4.84. The molecule has 0 saturated carbocycles. The first-order chi connectivity index (χ1) is 25.2. The lowest BCUT2D eigenvalue weighted by atomic mass is 10.00. The molecule has 54 heavy (non-hydrogen) atoms. The van der Waals surface area contributed by atoms with Crippen molar-refractivity contribution in [1.82, 2.24) is 26.2 Å². The summed E-state index contributed by atoms with van der Waals surface area (Å²) in [5.74, 6) is -6.26. The number of phosphoric ester groups is 1. The Morgan fingerprint density at radius 2 is 1.50 bits per heavy atom. The van der Waals surface area contributed by atoms with Crippen LogP contribution in [0, 0.1) is 11.8 Å². The number of hydrogen-bond acceptors (Lipinski definition) is 11. The Balaban J connectivity index is 2.08. The number of nitrogens with one attached hydrogen (secondary N) is 5. The van der Waals surface area contributed by atoms with E-state index in [1.54, 1.807) is 13.8 Å². The molecule has 21 heteroatoms. The molecule has 1 aromatic rings. The van der Waals surface area contributed by atoms with Crippen LogP contribution in [0.25, 0.3) is 0 Å². The molecule has 0 fully saturated rings. The van der Waals surface area contributed by atoms with Gasteiger partial charge in [-0.25, -0.2) is 14.2 Å². The SMILES string of the molecule is CC(=O)NC(C(=O)O)C(OP(=O)(O)OCc1ccc(NC(=O)C(CCCNC(N)=O)NC(=O)C(NC(=O)CCN2C(=O)C=CC2=O)C(C)C)cc1)C(C)C. The number of rotatable bonds is 22. The van der Waals surface area contributed by atoms with Gasteiger partial charge in [0, 0.05) is 44.3 Å². The van der Waals surface area contributed by atoms with Crippen molar-refractivity contribution in [3.05, 3.63) is 42.0 Å². The molecule has 0 aliphatic carbocycles. The summed E-state index contributed by atoms with van der Waals surface area (Å²) in [5.41, 5.74) is 5.73. The van der Waals surface area contributed by atoms with E-state index in [0.717, 1.165) is 24.0 Å². The summed E-state index contributed by atoms with van der Waals surface area (Å²) < 4.78 is 22.9. The third-order valence-corrected chi connectivity index (χ3v) is 8.78. The second kappa shape index (κ2) is 20.9. The number of nitrogens with zero attached hydrogens (tertiary/aromatic N) is 1. The number of primary amides is 1. The second-order valence-electron chi connectivity index (χ2n) is 13.0. The monoisotopic (exact) mass is 781 g/mol. The summed E-state index contributed by atoms with van der Waals surface area (Å²) in [5, 5.41) is 22.0. The quantitative estimate of drug-likeness (QED) is 0.0446. The minimum absolute atomic E-state index is 0.0442. The lowest BCUT2D eigenvalue weighted by molar-refractivity contribution is -0.145. The molecular weight excluding hydrogens is 733 g/mol. The minimum Gasteiger partial charge on any atom is -0.480 e. The van der Waals surface area contributed by atoms with Crippen LogP contribution in [0.3, 0.4) is 0 Å². The van der Waals surface area contributed by atoms with E-state index in [1.807, 2.05) is 0 Å². The Kier molecular flexibility index (Phi) is 17.4. The molecule has 1 aliphatic heterocycles. The summed E-state index contributed by atoms with van der Waals surface area (Å²) >= 11 is 0. The lowest BCUT2D eigenvalue weighted by Crippen LogP contribution is -2.54. The van der Waals surface area contributed by atoms with E-state index >= 15 is 0 Å². The molecule has 8 amide bonds. The number of carboxylic acid groups (broad SMARTS) is 1. The van der Waals surface area contributed by atoms with Crippen molar-refractivity contribution >= 4 is 61.0 Å². The number of aliphatic carboxylic acids is 1. The van der Waals surface area contributed by atoms with E-state index in [1.165, 1.54) is 38.1 Å². The number of phosphoric acid groups is 1. The average Bonchev–Trinajstić information content (AvgIpc) is 3.40. The predicted octanol–water partition coefficient (Wildman–Crippen LogP) is 0.262. The Morgan fingerprint density at radius 3 is 2.02 bits per heavy atom. The Morgan fingerprint density at radius 1 is 0.889 bits per heavy atom. The second-order valence-corrected chi connectivity index (χ2v) is 14.4. The number of amides is 8. The highest BCUT2D eigenvalue weighted by atomic mass is 31.2. The molecule has 9 N–H and O–H groups in total. The molecule has 0 bridgehead atoms. The number of anilines is 1. The number of imide groups is 1. The van der Waals surface area contributed by atoms with Gasteiger partial charge in [-0.1, -0.05) is 39.8 Å². The van der Waals surface area contributed by atoms with Gasteiger partial charge in [0.25, 0.3) is 11.8 Å². The molecule has 0 saturated heterocycles. The summed E-state index contributed by atoms with van der Waals surface area (Å²) in [7, 11) is -4.84. The Hall–Kier alpha value is -5.17. The molecular formula is C33H48N7O13P. The van der Waals surface area contributed by atoms with E-state index < -0.39 is 97.9 Å². The molecule has 2 rings (SSSR count). The first-order valence-corrected chi connectivity index (χ1v) is 18.4. The lowest BCUT2D eigenvalue weighted by Gasteiger charge is -2.28. The molecule has 1 heterocycles. The van der Waals surface area contributed by atoms with Gasteiger partial charge in [-0.3, -0.25) is 42.7 Å². The maximum Gasteiger partial charge on any atom is 0.472 e. The molecule has 298 valence electrons. The smallest absolute Gasteiger partial charge is 0.472 e. The zero-order valence-corrected chi connectivity index (χ0v) is 31.4. The third kappa shape index (κ3) is 15.1. The van der Waals surface area contributed by atoms with Gasteiger partial charge in [0.2, 0.25) is 23.6 Å². The molecule has 0 radical (unpaired) electrons. The topological polar surface area (TPSA) is 302 Å². The molecule has 1 aromatic carbocycles. The molecule has 0 spiro atoms. The highest BCUT2D eigenvalue weighted by molar-refractivity contribution is 7.47. The van der Waals surface area contributed by atoms with Crippen LogP contribution in [0.1, 0.15) is 59.4 Å². The van der Waals surface area contributed by atoms with E-state index in [0.29, 0.717) is 5.56 Å². The van der Waals surface area contributed by atoms with Crippen LogP contribution in [0.4, 0.5) is 10.5 Å². The van der Waals surface area contributed by atoms with Crippen LogP contribution < -0.4 is 32.3 Å². The van der Waals surface area contributed by atoms with E-state index in [2.05, 4.69) is 26.6 Å². The van der Waals surface area contributed by atoms with Crippen molar-refractivity contribution in [1.29, 1.82) is 0 Å². The van der Waals surface area contributed by atoms with Gasteiger partial charge >= 0.3 is 19.8 Å². The standard InChI is InChI=1S/C33H48N7O13P/c1-18(2)27(39-24(42)14-16-40-25(43)12-13-26(40)44)31(46)38-23(7-6-15-35-33(34)49)30(45)37-22-10-8-21(9-11-22)17-52-54(50,51)53-29(19(3)4)28(32(47)48)36-20(5)41/h8-13,18-19,23,27-29H,6-7,14-17H2,1-5H3,(H,36,41)(H,37,45)(H,38,46)(H,39,42)(H,47,48)(H,50,51)(H3,34,35,49). The van der Waals surface area contributed by atoms with Crippen LogP contribution in [0.15, 0.2) is 36.4 Å². The molecule has 5 unspecified atom stereocenters.